The minimum Gasteiger partial charge on any atom is -0.271 e. The Labute approximate surface area is 106 Å². The smallest absolute Gasteiger partial charge is 0.0501 e. The topological polar surface area (TPSA) is 50.9 Å². The van der Waals surface area contributed by atoms with Gasteiger partial charge in [-0.3, -0.25) is 16.3 Å². The maximum atomic E-state index is 5.97. The number of benzene rings is 1. The molecule has 0 aliphatic rings. The molecule has 1 unspecified atom stereocenters. The van der Waals surface area contributed by atoms with Crippen molar-refractivity contribution in [2.75, 3.05) is 0 Å². The molecule has 3 nitrogen and oxygen atoms in total. The molecule has 0 spiro atoms. The fourth-order valence-corrected chi connectivity index (χ4v) is 1.95. The first-order valence-corrected chi connectivity index (χ1v) is 5.78. The van der Waals surface area contributed by atoms with Gasteiger partial charge in [0.15, 0.2) is 0 Å². The number of nitrogens with two attached hydrogens (primary N) is 1. The first kappa shape index (κ1) is 12.0. The zero-order chi connectivity index (χ0) is 12.1. The van der Waals surface area contributed by atoms with Crippen LogP contribution in [0.3, 0.4) is 0 Å². The van der Waals surface area contributed by atoms with Gasteiger partial charge in [0.2, 0.25) is 0 Å². The zero-order valence-corrected chi connectivity index (χ0v) is 10.1. The van der Waals surface area contributed by atoms with Crippen LogP contribution in [-0.4, -0.2) is 4.98 Å². The van der Waals surface area contributed by atoms with Crippen LogP contribution in [0.15, 0.2) is 48.8 Å². The van der Waals surface area contributed by atoms with Crippen molar-refractivity contribution < 1.29 is 0 Å². The summed E-state index contributed by atoms with van der Waals surface area (Å²) in [4.78, 5) is 4.09. The van der Waals surface area contributed by atoms with Gasteiger partial charge in [-0.25, -0.2) is 0 Å². The normalized spacial score (nSPS) is 12.4. The fraction of sp³-hybridized carbons (Fsp3) is 0.154. The summed E-state index contributed by atoms with van der Waals surface area (Å²) in [7, 11) is 0. The molecule has 1 aromatic carbocycles. The van der Waals surface area contributed by atoms with Crippen LogP contribution in [0.1, 0.15) is 17.2 Å². The lowest BCUT2D eigenvalue weighted by Gasteiger charge is -2.16. The summed E-state index contributed by atoms with van der Waals surface area (Å²) in [6.45, 7) is 0. The molecule has 0 aliphatic carbocycles. The Bertz CT molecular complexity index is 473. The van der Waals surface area contributed by atoms with E-state index in [1.54, 1.807) is 6.20 Å². The van der Waals surface area contributed by atoms with Crippen LogP contribution in [-0.2, 0) is 6.42 Å². The van der Waals surface area contributed by atoms with Crippen LogP contribution in [0.4, 0.5) is 0 Å². The van der Waals surface area contributed by atoms with Gasteiger partial charge in [-0.1, -0.05) is 29.8 Å². The van der Waals surface area contributed by atoms with E-state index in [-0.39, 0.29) is 6.04 Å². The molecule has 88 valence electrons. The highest BCUT2D eigenvalue weighted by Gasteiger charge is 2.10. The van der Waals surface area contributed by atoms with Gasteiger partial charge < -0.3 is 0 Å². The van der Waals surface area contributed by atoms with E-state index >= 15 is 0 Å². The molecular formula is C13H14ClN3. The van der Waals surface area contributed by atoms with Gasteiger partial charge in [0.05, 0.1) is 6.04 Å². The zero-order valence-electron chi connectivity index (χ0n) is 9.31. The molecule has 17 heavy (non-hydrogen) atoms. The quantitative estimate of drug-likeness (QED) is 0.645. The Morgan fingerprint density at radius 2 is 2.18 bits per heavy atom. The van der Waals surface area contributed by atoms with Crippen molar-refractivity contribution in [2.24, 2.45) is 5.84 Å². The highest BCUT2D eigenvalue weighted by atomic mass is 35.5. The third-order valence-electron chi connectivity index (χ3n) is 2.61. The molecule has 2 rings (SSSR count). The molecule has 0 fully saturated rings. The standard InChI is InChI=1S/C13H14ClN3/c14-12-5-1-4-11(8-12)13(17-15)7-10-3-2-6-16-9-10/h1-6,8-9,13,17H,7,15H2. The van der Waals surface area contributed by atoms with Crippen molar-refractivity contribution in [3.05, 3.63) is 64.9 Å². The number of pyridine rings is 1. The first-order valence-electron chi connectivity index (χ1n) is 5.40. The Balaban J connectivity index is 2.17. The predicted molar refractivity (Wildman–Crippen MR) is 69.5 cm³/mol. The number of hydrazine groups is 1. The van der Waals surface area contributed by atoms with E-state index in [0.717, 1.165) is 17.5 Å². The van der Waals surface area contributed by atoms with Crippen molar-refractivity contribution in [3.63, 3.8) is 0 Å². The summed E-state index contributed by atoms with van der Waals surface area (Å²) in [5.74, 6) is 5.59. The summed E-state index contributed by atoms with van der Waals surface area (Å²) < 4.78 is 0. The Kier molecular flexibility index (Phi) is 4.09. The van der Waals surface area contributed by atoms with Crippen molar-refractivity contribution in [1.29, 1.82) is 0 Å². The second-order valence-corrected chi connectivity index (χ2v) is 4.28. The molecule has 0 saturated carbocycles. The molecule has 0 amide bonds. The number of rotatable bonds is 4. The van der Waals surface area contributed by atoms with Gasteiger partial charge in [-0.15, -0.1) is 0 Å². The molecule has 0 radical (unpaired) electrons. The number of nitrogens with one attached hydrogen (secondary N) is 1. The number of aromatic nitrogens is 1. The minimum absolute atomic E-state index is 0.0397. The molecule has 0 aliphatic heterocycles. The number of nitrogens with zero attached hydrogens (tertiary/aromatic N) is 1. The van der Waals surface area contributed by atoms with Gasteiger partial charge in [0.1, 0.15) is 0 Å². The van der Waals surface area contributed by atoms with Crippen LogP contribution >= 0.6 is 11.6 Å². The van der Waals surface area contributed by atoms with Gasteiger partial charge in [0, 0.05) is 17.4 Å². The van der Waals surface area contributed by atoms with E-state index in [1.165, 1.54) is 0 Å². The van der Waals surface area contributed by atoms with Crippen LogP contribution in [0, 0.1) is 0 Å². The molecule has 0 saturated heterocycles. The van der Waals surface area contributed by atoms with E-state index in [9.17, 15) is 0 Å². The molecule has 0 bridgehead atoms. The molecule has 4 heteroatoms. The van der Waals surface area contributed by atoms with Gasteiger partial charge in [0.25, 0.3) is 0 Å². The molecule has 1 aromatic heterocycles. The SMILES string of the molecule is NNC(Cc1cccnc1)c1cccc(Cl)c1. The highest BCUT2D eigenvalue weighted by Crippen LogP contribution is 2.20. The summed E-state index contributed by atoms with van der Waals surface area (Å²) in [6, 6.07) is 11.7. The van der Waals surface area contributed by atoms with Gasteiger partial charge >= 0.3 is 0 Å². The third kappa shape index (κ3) is 3.27. The summed E-state index contributed by atoms with van der Waals surface area (Å²) >= 11 is 5.97. The lowest BCUT2D eigenvalue weighted by atomic mass is 10.0. The maximum absolute atomic E-state index is 5.97. The van der Waals surface area contributed by atoms with E-state index < -0.39 is 0 Å². The fourth-order valence-electron chi connectivity index (χ4n) is 1.75. The Hall–Kier alpha value is -1.42. The third-order valence-corrected chi connectivity index (χ3v) is 2.85. The van der Waals surface area contributed by atoms with E-state index in [1.807, 2.05) is 42.6 Å². The molecular weight excluding hydrogens is 234 g/mol. The van der Waals surface area contributed by atoms with Crippen LogP contribution in [0.2, 0.25) is 5.02 Å². The molecule has 2 aromatic rings. The second-order valence-electron chi connectivity index (χ2n) is 3.84. The van der Waals surface area contributed by atoms with Crippen LogP contribution < -0.4 is 11.3 Å². The Morgan fingerprint density at radius 3 is 2.82 bits per heavy atom. The van der Waals surface area contributed by atoms with Crippen LogP contribution in [0.25, 0.3) is 0 Å². The number of hydrogen-bond donors (Lipinski definition) is 2. The van der Waals surface area contributed by atoms with E-state index in [4.69, 9.17) is 17.4 Å². The monoisotopic (exact) mass is 247 g/mol. The largest absolute Gasteiger partial charge is 0.271 e. The number of halogens is 1. The van der Waals surface area contributed by atoms with Gasteiger partial charge in [-0.2, -0.15) is 0 Å². The van der Waals surface area contributed by atoms with Crippen LogP contribution in [0.5, 0.6) is 0 Å². The van der Waals surface area contributed by atoms with Crippen molar-refractivity contribution in [1.82, 2.24) is 10.4 Å². The summed E-state index contributed by atoms with van der Waals surface area (Å²) in [5, 5.41) is 0.717. The summed E-state index contributed by atoms with van der Waals surface area (Å²) in [6.07, 6.45) is 4.38. The van der Waals surface area contributed by atoms with E-state index in [0.29, 0.717) is 5.02 Å². The van der Waals surface area contributed by atoms with Crippen molar-refractivity contribution in [2.45, 2.75) is 12.5 Å². The average Bonchev–Trinajstić information content (AvgIpc) is 2.37. The first-order chi connectivity index (χ1) is 8.29. The van der Waals surface area contributed by atoms with Gasteiger partial charge in [-0.05, 0) is 35.7 Å². The highest BCUT2D eigenvalue weighted by molar-refractivity contribution is 6.30. The molecule has 1 heterocycles. The number of hydrogen-bond acceptors (Lipinski definition) is 3. The molecule has 3 N–H and O–H groups in total. The lowest BCUT2D eigenvalue weighted by Crippen LogP contribution is -2.29. The predicted octanol–water partition coefficient (Wildman–Crippen LogP) is 2.48. The summed E-state index contributed by atoms with van der Waals surface area (Å²) in [5.41, 5.74) is 5.02. The van der Waals surface area contributed by atoms with E-state index in [2.05, 4.69) is 10.4 Å². The second kappa shape index (κ2) is 5.77. The Morgan fingerprint density at radius 1 is 1.29 bits per heavy atom. The molecule has 1 atom stereocenters. The maximum Gasteiger partial charge on any atom is 0.0501 e. The van der Waals surface area contributed by atoms with Crippen molar-refractivity contribution in [3.8, 4) is 0 Å². The lowest BCUT2D eigenvalue weighted by molar-refractivity contribution is 0.551. The van der Waals surface area contributed by atoms with Crippen molar-refractivity contribution >= 4 is 11.6 Å². The average molecular weight is 248 g/mol. The minimum atomic E-state index is 0.0397.